The maximum Gasteiger partial charge on any atom is 0.246 e. The van der Waals surface area contributed by atoms with Crippen molar-refractivity contribution in [3.8, 4) is 11.8 Å². The van der Waals surface area contributed by atoms with Crippen LogP contribution in [-0.2, 0) is 25.5 Å². The predicted octanol–water partition coefficient (Wildman–Crippen LogP) is 1.25. The third-order valence-electron chi connectivity index (χ3n) is 10.3. The standard InChI is InChI=1S/C32H44N6O5/c1-4-27(39)38-17-16-37(19-22(38)12-14-33)30-24-11-13-32(26(41-3)18-21-8-5-6-10-25(21)43-32)29(40)28(24)34-31(35-30)42-20-23-9-7-15-36(23)2/h4-6,8,10,22-24,26,28,30-31,34-35H,1,7,9,11-13,15-20H2,2-3H3/t22?,23?,24?,26?,28?,30?,31?,32-/m0/s1. The van der Waals surface area contributed by atoms with Gasteiger partial charge < -0.3 is 24.0 Å². The van der Waals surface area contributed by atoms with Crippen molar-refractivity contribution in [1.29, 1.82) is 5.26 Å². The minimum absolute atomic E-state index is 0.00256. The van der Waals surface area contributed by atoms with Crippen molar-refractivity contribution in [2.45, 2.75) is 80.9 Å². The van der Waals surface area contributed by atoms with E-state index in [1.54, 1.807) is 12.0 Å². The fourth-order valence-electron chi connectivity index (χ4n) is 7.94. The van der Waals surface area contributed by atoms with Crippen molar-refractivity contribution >= 4 is 11.7 Å². The van der Waals surface area contributed by atoms with Gasteiger partial charge in [0.1, 0.15) is 11.9 Å². The van der Waals surface area contributed by atoms with Crippen molar-refractivity contribution in [1.82, 2.24) is 25.3 Å². The molecule has 1 aromatic carbocycles. The number of piperazine rings is 1. The number of nitrogens with zero attached hydrogens (tertiary/aromatic N) is 4. The Morgan fingerprint density at radius 1 is 1.23 bits per heavy atom. The lowest BCUT2D eigenvalue weighted by Gasteiger charge is -2.55. The molecule has 6 rings (SSSR count). The number of benzene rings is 1. The van der Waals surface area contributed by atoms with Gasteiger partial charge in [-0.25, -0.2) is 0 Å². The van der Waals surface area contributed by atoms with E-state index in [9.17, 15) is 14.9 Å². The molecule has 11 heteroatoms. The Kier molecular flexibility index (Phi) is 8.87. The minimum Gasteiger partial charge on any atom is -0.476 e. The molecule has 11 nitrogen and oxygen atoms in total. The van der Waals surface area contributed by atoms with Crippen LogP contribution >= 0.6 is 0 Å². The van der Waals surface area contributed by atoms with Crippen molar-refractivity contribution < 1.29 is 23.8 Å². The van der Waals surface area contributed by atoms with Crippen molar-refractivity contribution in [2.24, 2.45) is 5.92 Å². The molecule has 0 radical (unpaired) electrons. The second kappa shape index (κ2) is 12.6. The Bertz CT molecular complexity index is 1250. The minimum atomic E-state index is -1.09. The van der Waals surface area contributed by atoms with Crippen LogP contribution in [0.15, 0.2) is 36.9 Å². The van der Waals surface area contributed by atoms with Gasteiger partial charge in [0.25, 0.3) is 0 Å². The van der Waals surface area contributed by atoms with Crippen LogP contribution in [0, 0.1) is 17.2 Å². The van der Waals surface area contributed by atoms with Crippen LogP contribution in [0.1, 0.15) is 37.7 Å². The van der Waals surface area contributed by atoms with Gasteiger partial charge in [0.15, 0.2) is 17.7 Å². The Labute approximate surface area is 254 Å². The molecule has 7 unspecified atom stereocenters. The number of likely N-dealkylation sites (tertiary alicyclic amines) is 1. The predicted molar refractivity (Wildman–Crippen MR) is 159 cm³/mol. The first kappa shape index (κ1) is 30.2. The smallest absolute Gasteiger partial charge is 0.246 e. The average Bonchev–Trinajstić information content (AvgIpc) is 3.45. The summed E-state index contributed by atoms with van der Waals surface area (Å²) in [7, 11) is 3.78. The second-order valence-corrected chi connectivity index (χ2v) is 12.6. The van der Waals surface area contributed by atoms with E-state index in [0.29, 0.717) is 45.1 Å². The van der Waals surface area contributed by atoms with Crippen molar-refractivity contribution in [2.75, 3.05) is 46.9 Å². The van der Waals surface area contributed by atoms with E-state index in [1.807, 2.05) is 24.3 Å². The average molecular weight is 593 g/mol. The summed E-state index contributed by atoms with van der Waals surface area (Å²) in [5.41, 5.74) is -0.0447. The lowest BCUT2D eigenvalue weighted by atomic mass is 9.68. The SMILES string of the molecule is C=CC(=O)N1CCN(C2NC(OCC3CCCN3C)NC3C(=O)[C@@]4(CCC32)Oc2ccccc2CC4OC)CC1CC#N. The number of rotatable bonds is 7. The number of ether oxygens (including phenoxy) is 3. The number of amides is 1. The van der Waals surface area contributed by atoms with Crippen molar-refractivity contribution in [3.63, 3.8) is 0 Å². The first-order chi connectivity index (χ1) is 20.9. The number of nitriles is 1. The molecule has 1 spiro atoms. The fourth-order valence-corrected chi connectivity index (χ4v) is 7.94. The van der Waals surface area contributed by atoms with Gasteiger partial charge in [0.05, 0.1) is 37.3 Å². The number of ketones is 1. The molecule has 1 aliphatic carbocycles. The number of hydrogen-bond acceptors (Lipinski definition) is 10. The van der Waals surface area contributed by atoms with E-state index in [2.05, 4.69) is 40.1 Å². The molecule has 232 valence electrons. The van der Waals surface area contributed by atoms with Gasteiger partial charge in [0.2, 0.25) is 5.91 Å². The summed E-state index contributed by atoms with van der Waals surface area (Å²) in [4.78, 5) is 33.6. The number of Topliss-reactive ketones (excluding diaryl/α,β-unsaturated/α-hetero) is 1. The highest BCUT2D eigenvalue weighted by Gasteiger charge is 2.60. The lowest BCUT2D eigenvalue weighted by Crippen LogP contribution is -2.77. The molecule has 5 aliphatic rings. The number of hydrogen-bond donors (Lipinski definition) is 2. The molecule has 4 fully saturated rings. The van der Waals surface area contributed by atoms with E-state index in [4.69, 9.17) is 14.2 Å². The molecule has 0 bridgehead atoms. The van der Waals surface area contributed by atoms with E-state index in [1.165, 1.54) is 6.08 Å². The summed E-state index contributed by atoms with van der Waals surface area (Å²) < 4.78 is 19.0. The molecular weight excluding hydrogens is 548 g/mol. The van der Waals surface area contributed by atoms with Crippen LogP contribution in [0.25, 0.3) is 0 Å². The van der Waals surface area contributed by atoms with Gasteiger partial charge in [-0.3, -0.25) is 25.1 Å². The number of likely N-dealkylation sites (N-methyl/N-ethyl adjacent to an activating group) is 1. The second-order valence-electron chi connectivity index (χ2n) is 12.6. The quantitative estimate of drug-likeness (QED) is 0.448. The molecular formula is C32H44N6O5. The van der Waals surface area contributed by atoms with E-state index < -0.39 is 24.1 Å². The molecule has 0 aromatic heterocycles. The van der Waals surface area contributed by atoms with Crippen LogP contribution in [0.3, 0.4) is 0 Å². The fraction of sp³-hybridized carbons (Fsp3) is 0.656. The highest BCUT2D eigenvalue weighted by Crippen LogP contribution is 2.44. The Hall–Kier alpha value is -2.85. The van der Waals surface area contributed by atoms with Crippen molar-refractivity contribution in [3.05, 3.63) is 42.5 Å². The Balaban J connectivity index is 1.27. The topological polar surface area (TPSA) is 119 Å². The highest BCUT2D eigenvalue weighted by atomic mass is 16.6. The molecule has 2 N–H and O–H groups in total. The van der Waals surface area contributed by atoms with Gasteiger partial charge in [-0.2, -0.15) is 5.26 Å². The van der Waals surface area contributed by atoms with Crippen LogP contribution in [0.4, 0.5) is 0 Å². The highest BCUT2D eigenvalue weighted by molar-refractivity contribution is 5.95. The molecule has 8 atom stereocenters. The van der Waals surface area contributed by atoms with Gasteiger partial charge in [-0.1, -0.05) is 24.8 Å². The van der Waals surface area contributed by atoms with Gasteiger partial charge in [0, 0.05) is 45.1 Å². The zero-order valence-electron chi connectivity index (χ0n) is 25.2. The number of carbonyl (C=O) groups is 2. The van der Waals surface area contributed by atoms with Crippen LogP contribution in [-0.4, -0.2) is 116 Å². The zero-order chi connectivity index (χ0) is 30.1. The third-order valence-corrected chi connectivity index (χ3v) is 10.3. The molecule has 3 saturated heterocycles. The normalized spacial score (nSPS) is 36.4. The number of nitrogens with one attached hydrogen (secondary N) is 2. The third kappa shape index (κ3) is 5.61. The molecule has 4 aliphatic heterocycles. The molecule has 1 saturated carbocycles. The van der Waals surface area contributed by atoms with E-state index in [-0.39, 0.29) is 36.2 Å². The summed E-state index contributed by atoms with van der Waals surface area (Å²) in [5.74, 6) is 0.521. The van der Waals surface area contributed by atoms with Gasteiger partial charge >= 0.3 is 0 Å². The Morgan fingerprint density at radius 2 is 2.07 bits per heavy atom. The Morgan fingerprint density at radius 3 is 2.81 bits per heavy atom. The maximum absolute atomic E-state index is 14.7. The summed E-state index contributed by atoms with van der Waals surface area (Å²) in [5, 5.41) is 16.8. The number of para-hydroxylation sites is 1. The number of fused-ring (bicyclic) bond motifs is 2. The summed E-state index contributed by atoms with van der Waals surface area (Å²) in [6, 6.07) is 9.70. The monoisotopic (exact) mass is 592 g/mol. The largest absolute Gasteiger partial charge is 0.476 e. The molecule has 4 heterocycles. The molecule has 1 amide bonds. The summed E-state index contributed by atoms with van der Waals surface area (Å²) in [6.45, 7) is 6.88. The van der Waals surface area contributed by atoms with Crippen LogP contribution in [0.5, 0.6) is 5.75 Å². The summed E-state index contributed by atoms with van der Waals surface area (Å²) in [6.07, 6.45) is 4.53. The van der Waals surface area contributed by atoms with Crippen LogP contribution in [0.2, 0.25) is 0 Å². The van der Waals surface area contributed by atoms with E-state index in [0.717, 1.165) is 37.1 Å². The molecule has 1 aromatic rings. The number of methoxy groups -OCH3 is 1. The maximum atomic E-state index is 14.7. The van der Waals surface area contributed by atoms with Gasteiger partial charge in [-0.05, 0) is 57.0 Å². The first-order valence-corrected chi connectivity index (χ1v) is 15.6. The number of carbonyl (C=O) groups excluding carboxylic acids is 2. The van der Waals surface area contributed by atoms with E-state index >= 15 is 0 Å². The van der Waals surface area contributed by atoms with Crippen LogP contribution < -0.4 is 15.4 Å². The molecule has 43 heavy (non-hydrogen) atoms. The van der Waals surface area contributed by atoms with Gasteiger partial charge in [-0.15, -0.1) is 0 Å². The lowest BCUT2D eigenvalue weighted by molar-refractivity contribution is -0.175. The zero-order valence-corrected chi connectivity index (χ0v) is 25.2. The summed E-state index contributed by atoms with van der Waals surface area (Å²) >= 11 is 0. The first-order valence-electron chi connectivity index (χ1n) is 15.6.